The Morgan fingerprint density at radius 2 is 1.20 bits per heavy atom. The number of nitrogens with zero attached hydrogens (tertiary/aromatic N) is 1. The fourth-order valence-corrected chi connectivity index (χ4v) is 3.89. The number of unbranched alkanes of at least 4 members (excludes halogenated alkanes) is 11. The first-order valence-corrected chi connectivity index (χ1v) is 11.4. The van der Waals surface area contributed by atoms with Gasteiger partial charge in [0.1, 0.15) is 0 Å². The fourth-order valence-electron chi connectivity index (χ4n) is 3.53. The molecule has 0 radical (unpaired) electrons. The van der Waals surface area contributed by atoms with Gasteiger partial charge in [0.05, 0.1) is 6.10 Å². The lowest BCUT2D eigenvalue weighted by Crippen LogP contribution is -2.33. The number of hydrogen-bond acceptors (Lipinski definition) is 2. The molecule has 3 heteroatoms. The SMILES string of the molecule is CCCCCCCCCCCCCCC(Cl)CC(CC(C)O)N(C)C. The van der Waals surface area contributed by atoms with Crippen LogP contribution in [0, 0.1) is 0 Å². The van der Waals surface area contributed by atoms with Crippen molar-refractivity contribution in [3.05, 3.63) is 0 Å². The summed E-state index contributed by atoms with van der Waals surface area (Å²) in [5.74, 6) is 0. The van der Waals surface area contributed by atoms with E-state index in [2.05, 4.69) is 25.9 Å². The van der Waals surface area contributed by atoms with Crippen molar-refractivity contribution in [3.8, 4) is 0 Å². The van der Waals surface area contributed by atoms with E-state index in [1.165, 1.54) is 77.0 Å². The van der Waals surface area contributed by atoms with Crippen LogP contribution in [0.15, 0.2) is 0 Å². The number of halogens is 1. The van der Waals surface area contributed by atoms with Crippen LogP contribution in [0.5, 0.6) is 0 Å². The summed E-state index contributed by atoms with van der Waals surface area (Å²) in [6.45, 7) is 4.15. The van der Waals surface area contributed by atoms with E-state index in [0.29, 0.717) is 6.04 Å². The van der Waals surface area contributed by atoms with Crippen molar-refractivity contribution in [2.75, 3.05) is 14.1 Å². The van der Waals surface area contributed by atoms with Crippen molar-refractivity contribution in [2.45, 2.75) is 128 Å². The highest BCUT2D eigenvalue weighted by Gasteiger charge is 2.18. The third-order valence-corrected chi connectivity index (χ3v) is 5.64. The van der Waals surface area contributed by atoms with Gasteiger partial charge in [-0.2, -0.15) is 0 Å². The van der Waals surface area contributed by atoms with Crippen molar-refractivity contribution < 1.29 is 5.11 Å². The average molecular weight is 376 g/mol. The van der Waals surface area contributed by atoms with Crippen LogP contribution in [0.1, 0.15) is 110 Å². The Bertz CT molecular complexity index is 271. The maximum Gasteiger partial charge on any atom is 0.0527 e. The highest BCUT2D eigenvalue weighted by atomic mass is 35.5. The van der Waals surface area contributed by atoms with Crippen LogP contribution in [0.2, 0.25) is 0 Å². The number of aliphatic hydroxyl groups excluding tert-OH is 1. The van der Waals surface area contributed by atoms with Crippen LogP contribution in [0.3, 0.4) is 0 Å². The third-order valence-electron chi connectivity index (χ3n) is 5.24. The zero-order valence-electron chi connectivity index (χ0n) is 17.6. The van der Waals surface area contributed by atoms with Gasteiger partial charge < -0.3 is 10.0 Å². The van der Waals surface area contributed by atoms with Gasteiger partial charge in [-0.15, -0.1) is 11.6 Å². The van der Waals surface area contributed by atoms with E-state index in [1.54, 1.807) is 0 Å². The first kappa shape index (κ1) is 25.2. The predicted octanol–water partition coefficient (Wildman–Crippen LogP) is 6.78. The molecule has 0 rings (SSSR count). The molecule has 0 saturated carbocycles. The van der Waals surface area contributed by atoms with Crippen LogP contribution in [-0.2, 0) is 0 Å². The van der Waals surface area contributed by atoms with Crippen molar-refractivity contribution in [3.63, 3.8) is 0 Å². The minimum Gasteiger partial charge on any atom is -0.393 e. The molecule has 0 heterocycles. The van der Waals surface area contributed by atoms with Crippen LogP contribution in [0.25, 0.3) is 0 Å². The topological polar surface area (TPSA) is 23.5 Å². The molecule has 25 heavy (non-hydrogen) atoms. The Labute approximate surface area is 163 Å². The largest absolute Gasteiger partial charge is 0.393 e. The second-order valence-electron chi connectivity index (χ2n) is 8.21. The molecule has 0 aromatic carbocycles. The van der Waals surface area contributed by atoms with E-state index in [1.807, 2.05) is 6.92 Å². The van der Waals surface area contributed by atoms with Gasteiger partial charge in [-0.3, -0.25) is 0 Å². The van der Waals surface area contributed by atoms with E-state index in [-0.39, 0.29) is 11.5 Å². The van der Waals surface area contributed by atoms with Crippen molar-refractivity contribution >= 4 is 11.6 Å². The van der Waals surface area contributed by atoms with Gasteiger partial charge in [-0.25, -0.2) is 0 Å². The molecular weight excluding hydrogens is 330 g/mol. The van der Waals surface area contributed by atoms with E-state index >= 15 is 0 Å². The Morgan fingerprint density at radius 3 is 1.60 bits per heavy atom. The first-order valence-electron chi connectivity index (χ1n) is 11.0. The normalized spacial score (nSPS) is 15.5. The minimum atomic E-state index is -0.247. The molecule has 0 aromatic rings. The van der Waals surface area contributed by atoms with Crippen LogP contribution < -0.4 is 0 Å². The van der Waals surface area contributed by atoms with Crippen molar-refractivity contribution in [1.29, 1.82) is 0 Å². The van der Waals surface area contributed by atoms with E-state index in [4.69, 9.17) is 11.6 Å². The van der Waals surface area contributed by atoms with E-state index in [0.717, 1.165) is 19.3 Å². The van der Waals surface area contributed by atoms with E-state index < -0.39 is 0 Å². The molecule has 0 spiro atoms. The number of rotatable bonds is 18. The molecule has 3 unspecified atom stereocenters. The Kier molecular flexibility index (Phi) is 17.8. The van der Waals surface area contributed by atoms with E-state index in [9.17, 15) is 5.11 Å². The average Bonchev–Trinajstić information content (AvgIpc) is 2.54. The molecular formula is C22H46ClNO. The highest BCUT2D eigenvalue weighted by Crippen LogP contribution is 2.20. The smallest absolute Gasteiger partial charge is 0.0527 e. The molecule has 0 amide bonds. The summed E-state index contributed by atoms with van der Waals surface area (Å²) in [6.07, 6.45) is 19.3. The summed E-state index contributed by atoms with van der Waals surface area (Å²) >= 11 is 6.53. The molecule has 0 aliphatic carbocycles. The monoisotopic (exact) mass is 375 g/mol. The Morgan fingerprint density at radius 1 is 0.760 bits per heavy atom. The lowest BCUT2D eigenvalue weighted by molar-refractivity contribution is 0.133. The number of aliphatic hydroxyl groups is 1. The summed E-state index contributed by atoms with van der Waals surface area (Å²) in [4.78, 5) is 2.20. The number of hydrogen-bond donors (Lipinski definition) is 1. The summed E-state index contributed by atoms with van der Waals surface area (Å²) in [5, 5.41) is 9.85. The molecule has 2 nitrogen and oxygen atoms in total. The molecule has 0 aromatic heterocycles. The summed E-state index contributed by atoms with van der Waals surface area (Å²) < 4.78 is 0. The maximum absolute atomic E-state index is 9.60. The maximum atomic E-state index is 9.60. The minimum absolute atomic E-state index is 0.245. The zero-order chi connectivity index (χ0) is 18.9. The van der Waals surface area contributed by atoms with Gasteiger partial charge in [-0.05, 0) is 40.3 Å². The molecule has 0 bridgehead atoms. The summed E-state index contributed by atoms with van der Waals surface area (Å²) in [7, 11) is 4.17. The first-order chi connectivity index (χ1) is 12.0. The molecule has 3 atom stereocenters. The predicted molar refractivity (Wildman–Crippen MR) is 114 cm³/mol. The second-order valence-corrected chi connectivity index (χ2v) is 8.83. The van der Waals surface area contributed by atoms with Gasteiger partial charge in [0.25, 0.3) is 0 Å². The Hall–Kier alpha value is 0.210. The number of alkyl halides is 1. The third kappa shape index (κ3) is 17.4. The van der Waals surface area contributed by atoms with Crippen LogP contribution >= 0.6 is 11.6 Å². The summed E-state index contributed by atoms with van der Waals surface area (Å²) in [5.41, 5.74) is 0. The van der Waals surface area contributed by atoms with Gasteiger partial charge in [0.15, 0.2) is 0 Å². The molecule has 1 N–H and O–H groups in total. The standard InChI is InChI=1S/C22H46ClNO/c1-5-6-7-8-9-10-11-12-13-14-15-16-17-21(23)19-22(24(3)4)18-20(2)25/h20-22,25H,5-19H2,1-4H3. The van der Waals surface area contributed by atoms with Gasteiger partial charge in [0.2, 0.25) is 0 Å². The molecule has 152 valence electrons. The Balaban J connectivity index is 3.46. The van der Waals surface area contributed by atoms with Gasteiger partial charge in [0, 0.05) is 11.4 Å². The van der Waals surface area contributed by atoms with Crippen molar-refractivity contribution in [2.24, 2.45) is 0 Å². The lowest BCUT2D eigenvalue weighted by Gasteiger charge is -2.27. The molecule has 0 aliphatic heterocycles. The van der Waals surface area contributed by atoms with Gasteiger partial charge in [-0.1, -0.05) is 84.0 Å². The zero-order valence-corrected chi connectivity index (χ0v) is 18.4. The van der Waals surface area contributed by atoms with Crippen LogP contribution in [0.4, 0.5) is 0 Å². The lowest BCUT2D eigenvalue weighted by atomic mass is 10.00. The van der Waals surface area contributed by atoms with Crippen molar-refractivity contribution in [1.82, 2.24) is 4.90 Å². The molecule has 0 fully saturated rings. The fraction of sp³-hybridized carbons (Fsp3) is 1.00. The molecule has 0 saturated heterocycles. The van der Waals surface area contributed by atoms with Gasteiger partial charge >= 0.3 is 0 Å². The second kappa shape index (κ2) is 17.6. The quantitative estimate of drug-likeness (QED) is 0.211. The van der Waals surface area contributed by atoms with Crippen LogP contribution in [-0.4, -0.2) is 41.6 Å². The highest BCUT2D eigenvalue weighted by molar-refractivity contribution is 6.20. The summed E-state index contributed by atoms with van der Waals surface area (Å²) in [6, 6.07) is 0.389. The molecule has 0 aliphatic rings.